The number of para-hydroxylation sites is 1. The monoisotopic (exact) mass is 447 g/mol. The molecule has 2 rings (SSSR count). The number of nitrogens with zero attached hydrogens (tertiary/aromatic N) is 2. The van der Waals surface area contributed by atoms with Crippen LogP contribution < -0.4 is 10.9 Å². The van der Waals surface area contributed by atoms with Crippen molar-refractivity contribution in [2.45, 2.75) is 84.1 Å². The SMILES string of the molecule is CC(C)CCCC(C)NC(=O)CSc1nc2ccccc2c(=O)n1CCCOC(C)C. The van der Waals surface area contributed by atoms with Gasteiger partial charge in [0.05, 0.1) is 22.8 Å². The van der Waals surface area contributed by atoms with E-state index >= 15 is 0 Å². The quantitative estimate of drug-likeness (QED) is 0.275. The van der Waals surface area contributed by atoms with Gasteiger partial charge in [0.15, 0.2) is 5.16 Å². The smallest absolute Gasteiger partial charge is 0.262 e. The third-order valence-corrected chi connectivity index (χ3v) is 5.94. The van der Waals surface area contributed by atoms with Crippen LogP contribution in [0.5, 0.6) is 0 Å². The van der Waals surface area contributed by atoms with Gasteiger partial charge in [-0.2, -0.15) is 0 Å². The summed E-state index contributed by atoms with van der Waals surface area (Å²) in [6.45, 7) is 11.5. The number of hydrogen-bond acceptors (Lipinski definition) is 5. The maximum Gasteiger partial charge on any atom is 0.262 e. The molecule has 31 heavy (non-hydrogen) atoms. The first-order valence-electron chi connectivity index (χ1n) is 11.3. The minimum absolute atomic E-state index is 0.0286. The average Bonchev–Trinajstić information content (AvgIpc) is 2.70. The Hall–Kier alpha value is -1.86. The number of fused-ring (bicyclic) bond motifs is 1. The lowest BCUT2D eigenvalue weighted by atomic mass is 10.0. The van der Waals surface area contributed by atoms with Crippen LogP contribution in [0.3, 0.4) is 0 Å². The first kappa shape index (κ1) is 25.4. The highest BCUT2D eigenvalue weighted by atomic mass is 32.2. The number of amides is 1. The van der Waals surface area contributed by atoms with E-state index in [-0.39, 0.29) is 29.4 Å². The van der Waals surface area contributed by atoms with Gasteiger partial charge in [-0.3, -0.25) is 14.2 Å². The van der Waals surface area contributed by atoms with Gasteiger partial charge < -0.3 is 10.1 Å². The van der Waals surface area contributed by atoms with Gasteiger partial charge >= 0.3 is 0 Å². The molecule has 0 saturated heterocycles. The van der Waals surface area contributed by atoms with Crippen LogP contribution in [0.1, 0.15) is 60.3 Å². The van der Waals surface area contributed by atoms with Gasteiger partial charge in [-0.1, -0.05) is 50.6 Å². The first-order valence-corrected chi connectivity index (χ1v) is 12.3. The molecule has 0 aliphatic heterocycles. The molecule has 0 fully saturated rings. The number of ether oxygens (including phenoxy) is 1. The highest BCUT2D eigenvalue weighted by Crippen LogP contribution is 2.18. The topological polar surface area (TPSA) is 73.2 Å². The molecule has 1 amide bonds. The Morgan fingerprint density at radius 1 is 1.13 bits per heavy atom. The van der Waals surface area contributed by atoms with Crippen molar-refractivity contribution in [3.05, 3.63) is 34.6 Å². The molecule has 0 aliphatic rings. The maximum atomic E-state index is 13.0. The number of carbonyl (C=O) groups excluding carboxylic acids is 1. The second-order valence-corrected chi connectivity index (χ2v) is 9.67. The fraction of sp³-hybridized carbons (Fsp3) is 0.625. The van der Waals surface area contributed by atoms with Gasteiger partial charge in [0.1, 0.15) is 0 Å². The van der Waals surface area contributed by atoms with Crippen molar-refractivity contribution in [3.8, 4) is 0 Å². The Balaban J connectivity index is 2.04. The van der Waals surface area contributed by atoms with Crippen LogP contribution >= 0.6 is 11.8 Å². The fourth-order valence-corrected chi connectivity index (χ4v) is 4.18. The zero-order valence-corrected chi connectivity index (χ0v) is 20.3. The molecule has 1 aromatic carbocycles. The lowest BCUT2D eigenvalue weighted by Gasteiger charge is -2.16. The van der Waals surface area contributed by atoms with Gasteiger partial charge in [0.25, 0.3) is 5.56 Å². The van der Waals surface area contributed by atoms with E-state index in [9.17, 15) is 9.59 Å². The Bertz CT molecular complexity index is 895. The van der Waals surface area contributed by atoms with Gasteiger partial charge in [-0.15, -0.1) is 0 Å². The Kier molecular flexibility index (Phi) is 10.5. The van der Waals surface area contributed by atoms with Crippen molar-refractivity contribution in [3.63, 3.8) is 0 Å². The van der Waals surface area contributed by atoms with Crippen LogP contribution in [-0.2, 0) is 16.1 Å². The summed E-state index contributed by atoms with van der Waals surface area (Å²) in [5, 5.41) is 4.24. The summed E-state index contributed by atoms with van der Waals surface area (Å²) in [5.74, 6) is 0.890. The zero-order valence-electron chi connectivity index (χ0n) is 19.5. The van der Waals surface area contributed by atoms with Crippen molar-refractivity contribution in [2.24, 2.45) is 5.92 Å². The molecule has 2 aromatic rings. The van der Waals surface area contributed by atoms with E-state index in [1.54, 1.807) is 10.6 Å². The largest absolute Gasteiger partial charge is 0.379 e. The number of rotatable bonds is 13. The average molecular weight is 448 g/mol. The Morgan fingerprint density at radius 2 is 1.87 bits per heavy atom. The third kappa shape index (κ3) is 8.65. The van der Waals surface area contributed by atoms with Crippen LogP contribution in [0.2, 0.25) is 0 Å². The maximum absolute atomic E-state index is 13.0. The molecular weight excluding hydrogens is 410 g/mol. The number of nitrogens with one attached hydrogen (secondary N) is 1. The predicted molar refractivity (Wildman–Crippen MR) is 129 cm³/mol. The van der Waals surface area contributed by atoms with E-state index < -0.39 is 0 Å². The standard InChI is InChI=1S/C24H37N3O3S/c1-17(2)10-8-11-19(5)25-22(28)16-31-24-26-21-13-7-6-12-20(21)23(29)27(24)14-9-15-30-18(3)4/h6-7,12-13,17-19H,8-11,14-16H2,1-5H3,(H,25,28). The van der Waals surface area contributed by atoms with E-state index in [0.717, 1.165) is 12.8 Å². The van der Waals surface area contributed by atoms with Crippen LogP contribution in [0.25, 0.3) is 10.9 Å². The molecule has 1 aromatic heterocycles. The van der Waals surface area contributed by atoms with Gasteiger partial charge in [0.2, 0.25) is 5.91 Å². The highest BCUT2D eigenvalue weighted by molar-refractivity contribution is 7.99. The molecule has 0 radical (unpaired) electrons. The van der Waals surface area contributed by atoms with Crippen LogP contribution in [0.15, 0.2) is 34.2 Å². The van der Waals surface area contributed by atoms with Crippen LogP contribution in [-0.4, -0.2) is 40.0 Å². The summed E-state index contributed by atoms with van der Waals surface area (Å²) < 4.78 is 7.29. The Labute approximate surface area is 190 Å². The van der Waals surface area contributed by atoms with Crippen molar-refractivity contribution < 1.29 is 9.53 Å². The van der Waals surface area contributed by atoms with Crippen LogP contribution in [0, 0.1) is 5.92 Å². The minimum Gasteiger partial charge on any atom is -0.379 e. The third-order valence-electron chi connectivity index (χ3n) is 4.96. The molecule has 0 spiro atoms. The van der Waals surface area contributed by atoms with Gasteiger partial charge in [-0.05, 0) is 51.7 Å². The fourth-order valence-electron chi connectivity index (χ4n) is 3.35. The predicted octanol–water partition coefficient (Wildman–Crippen LogP) is 4.63. The zero-order chi connectivity index (χ0) is 22.8. The van der Waals surface area contributed by atoms with E-state index in [0.29, 0.717) is 41.5 Å². The number of hydrogen-bond donors (Lipinski definition) is 1. The van der Waals surface area contributed by atoms with Gasteiger partial charge in [0, 0.05) is 19.2 Å². The molecule has 1 heterocycles. The minimum atomic E-state index is -0.0693. The molecule has 0 aliphatic carbocycles. The second-order valence-electron chi connectivity index (χ2n) is 8.72. The number of benzene rings is 1. The first-order chi connectivity index (χ1) is 14.8. The van der Waals surface area contributed by atoms with E-state index in [2.05, 4.69) is 24.1 Å². The lowest BCUT2D eigenvalue weighted by Crippen LogP contribution is -2.34. The summed E-state index contributed by atoms with van der Waals surface area (Å²) in [5.41, 5.74) is 0.590. The summed E-state index contributed by atoms with van der Waals surface area (Å²) in [6, 6.07) is 7.50. The normalized spacial score (nSPS) is 12.6. The molecule has 1 atom stereocenters. The van der Waals surface area contributed by atoms with Gasteiger partial charge in [-0.25, -0.2) is 4.98 Å². The second kappa shape index (κ2) is 12.9. The molecule has 1 unspecified atom stereocenters. The number of thioether (sulfide) groups is 1. The molecule has 6 nitrogen and oxygen atoms in total. The summed E-state index contributed by atoms with van der Waals surface area (Å²) in [6.07, 6.45) is 4.12. The summed E-state index contributed by atoms with van der Waals surface area (Å²) in [7, 11) is 0. The Morgan fingerprint density at radius 3 is 2.58 bits per heavy atom. The molecule has 1 N–H and O–H groups in total. The molecule has 0 bridgehead atoms. The molecule has 7 heteroatoms. The number of carbonyl (C=O) groups is 1. The van der Waals surface area contributed by atoms with E-state index in [1.165, 1.54) is 18.2 Å². The van der Waals surface area contributed by atoms with Crippen molar-refractivity contribution in [1.82, 2.24) is 14.9 Å². The van der Waals surface area contributed by atoms with Crippen molar-refractivity contribution >= 4 is 28.6 Å². The van der Waals surface area contributed by atoms with Crippen molar-refractivity contribution in [1.29, 1.82) is 0 Å². The molecule has 172 valence electrons. The number of aromatic nitrogens is 2. The van der Waals surface area contributed by atoms with Crippen LogP contribution in [0.4, 0.5) is 0 Å². The van der Waals surface area contributed by atoms with E-state index in [4.69, 9.17) is 4.74 Å². The summed E-state index contributed by atoms with van der Waals surface area (Å²) in [4.78, 5) is 30.2. The van der Waals surface area contributed by atoms with Crippen molar-refractivity contribution in [2.75, 3.05) is 12.4 Å². The molecule has 0 saturated carbocycles. The molecular formula is C24H37N3O3S. The summed E-state index contributed by atoms with van der Waals surface area (Å²) >= 11 is 1.32. The lowest BCUT2D eigenvalue weighted by molar-refractivity contribution is -0.119. The highest BCUT2D eigenvalue weighted by Gasteiger charge is 2.14. The van der Waals surface area contributed by atoms with E-state index in [1.807, 2.05) is 39.0 Å².